The van der Waals surface area contributed by atoms with Gasteiger partial charge in [-0.3, -0.25) is 19.7 Å². The zero-order valence-corrected chi connectivity index (χ0v) is 15.3. The molecule has 0 amide bonds. The number of nitrogens with zero attached hydrogens (tertiary/aromatic N) is 1. The van der Waals surface area contributed by atoms with Gasteiger partial charge in [-0.2, -0.15) is 0 Å². The summed E-state index contributed by atoms with van der Waals surface area (Å²) in [7, 11) is 0. The van der Waals surface area contributed by atoms with Crippen molar-refractivity contribution in [1.82, 2.24) is 0 Å². The topological polar surface area (TPSA) is 95.7 Å². The third-order valence-corrected chi connectivity index (χ3v) is 3.80. The number of carbonyl (C=O) groups excluding carboxylic acids is 2. The number of non-ortho nitro benzene ring substituents is 1. The van der Waals surface area contributed by atoms with Crippen LogP contribution in [0.3, 0.4) is 0 Å². The molecule has 0 radical (unpaired) electrons. The van der Waals surface area contributed by atoms with Crippen LogP contribution in [0.2, 0.25) is 0 Å². The smallest absolute Gasteiger partial charge is 0.311 e. The third kappa shape index (κ3) is 9.76. The highest BCUT2D eigenvalue weighted by molar-refractivity contribution is 5.72. The van der Waals surface area contributed by atoms with Gasteiger partial charge in [0.05, 0.1) is 11.5 Å². The zero-order valence-electron chi connectivity index (χ0n) is 15.3. The fourth-order valence-electron chi connectivity index (χ4n) is 2.32. The number of nitro benzene ring substituents is 1. The monoisotopic (exact) mass is 365 g/mol. The summed E-state index contributed by atoms with van der Waals surface area (Å²) in [6.45, 7) is 2.62. The van der Waals surface area contributed by atoms with Gasteiger partial charge < -0.3 is 9.47 Å². The summed E-state index contributed by atoms with van der Waals surface area (Å²) in [5.41, 5.74) is -0.0537. The van der Waals surface area contributed by atoms with Gasteiger partial charge >= 0.3 is 11.9 Å². The lowest BCUT2D eigenvalue weighted by Crippen LogP contribution is -2.08. The van der Waals surface area contributed by atoms with Gasteiger partial charge in [0.2, 0.25) is 0 Å². The van der Waals surface area contributed by atoms with E-state index in [4.69, 9.17) is 9.47 Å². The molecule has 1 aromatic rings. The molecule has 0 saturated heterocycles. The molecule has 144 valence electrons. The Morgan fingerprint density at radius 1 is 0.923 bits per heavy atom. The van der Waals surface area contributed by atoms with E-state index in [1.165, 1.54) is 24.3 Å². The van der Waals surface area contributed by atoms with Crippen molar-refractivity contribution in [1.29, 1.82) is 0 Å². The maximum Gasteiger partial charge on any atom is 0.311 e. The first-order chi connectivity index (χ1) is 12.5. The summed E-state index contributed by atoms with van der Waals surface area (Å²) >= 11 is 0. The molecular weight excluding hydrogens is 338 g/mol. The molecule has 0 unspecified atom stereocenters. The molecule has 0 heterocycles. The summed E-state index contributed by atoms with van der Waals surface area (Å²) in [4.78, 5) is 33.3. The maximum absolute atomic E-state index is 11.7. The molecule has 0 N–H and O–H groups in total. The first-order valence-corrected chi connectivity index (χ1v) is 9.13. The van der Waals surface area contributed by atoms with Crippen LogP contribution >= 0.6 is 0 Å². The van der Waals surface area contributed by atoms with Crippen molar-refractivity contribution >= 4 is 17.6 Å². The zero-order chi connectivity index (χ0) is 19.2. The van der Waals surface area contributed by atoms with Gasteiger partial charge in [0.15, 0.2) is 0 Å². The molecule has 0 atom stereocenters. The van der Waals surface area contributed by atoms with Gasteiger partial charge in [0, 0.05) is 25.0 Å². The van der Waals surface area contributed by atoms with E-state index >= 15 is 0 Å². The van der Waals surface area contributed by atoms with E-state index in [2.05, 4.69) is 6.92 Å². The number of ether oxygens (including phenoxy) is 2. The summed E-state index contributed by atoms with van der Waals surface area (Å²) in [5, 5.41) is 10.6. The van der Waals surface area contributed by atoms with Crippen LogP contribution in [0, 0.1) is 10.1 Å². The minimum absolute atomic E-state index is 0.0537. The molecule has 0 aromatic heterocycles. The molecule has 7 heteroatoms. The molecule has 0 saturated carbocycles. The molecule has 0 fully saturated rings. The molecule has 0 aliphatic carbocycles. The largest absolute Gasteiger partial charge is 0.466 e. The lowest BCUT2D eigenvalue weighted by molar-refractivity contribution is -0.384. The van der Waals surface area contributed by atoms with Crippen LogP contribution in [0.5, 0.6) is 5.75 Å². The molecule has 26 heavy (non-hydrogen) atoms. The number of benzene rings is 1. The Hall–Kier alpha value is -2.44. The second kappa shape index (κ2) is 12.9. The van der Waals surface area contributed by atoms with Crippen molar-refractivity contribution in [3.63, 3.8) is 0 Å². The molecule has 0 aliphatic heterocycles. The quantitative estimate of drug-likeness (QED) is 0.167. The molecular formula is C19H27NO6. The summed E-state index contributed by atoms with van der Waals surface area (Å²) in [6, 6.07) is 5.37. The predicted octanol–water partition coefficient (Wildman–Crippen LogP) is 4.57. The fourth-order valence-corrected chi connectivity index (χ4v) is 2.32. The molecule has 0 spiro atoms. The van der Waals surface area contributed by atoms with Crippen molar-refractivity contribution in [3.05, 3.63) is 34.4 Å². The van der Waals surface area contributed by atoms with E-state index in [-0.39, 0.29) is 23.8 Å². The number of nitro groups is 1. The predicted molar refractivity (Wildman–Crippen MR) is 96.9 cm³/mol. The Kier molecular flexibility index (Phi) is 10.7. The standard InChI is InChI=1S/C19H27NO6/c1-2-3-4-8-15-25-18(21)9-6-5-7-10-19(22)26-17-13-11-16(12-14-17)20(23)24/h11-14H,2-10,15H2,1H3. The Labute approximate surface area is 153 Å². The van der Waals surface area contributed by atoms with Crippen molar-refractivity contribution in [2.75, 3.05) is 6.61 Å². The van der Waals surface area contributed by atoms with Gasteiger partial charge in [-0.15, -0.1) is 0 Å². The summed E-state index contributed by atoms with van der Waals surface area (Å²) in [6.07, 6.45) is 6.95. The van der Waals surface area contributed by atoms with Crippen LogP contribution in [0.1, 0.15) is 64.7 Å². The lowest BCUT2D eigenvalue weighted by atomic mass is 10.1. The van der Waals surface area contributed by atoms with Gasteiger partial charge in [-0.1, -0.05) is 32.6 Å². The summed E-state index contributed by atoms with van der Waals surface area (Å²) in [5.74, 6) is -0.292. The van der Waals surface area contributed by atoms with E-state index < -0.39 is 10.9 Å². The first kappa shape index (κ1) is 21.6. The van der Waals surface area contributed by atoms with Crippen molar-refractivity contribution in [2.24, 2.45) is 0 Å². The Bertz CT molecular complexity index is 570. The molecule has 0 aliphatic rings. The van der Waals surface area contributed by atoms with E-state index in [1.54, 1.807) is 0 Å². The minimum atomic E-state index is -0.512. The maximum atomic E-state index is 11.7. The van der Waals surface area contributed by atoms with Crippen LogP contribution < -0.4 is 4.74 Å². The van der Waals surface area contributed by atoms with Crippen LogP contribution in [0.4, 0.5) is 5.69 Å². The van der Waals surface area contributed by atoms with E-state index in [0.717, 1.165) is 32.1 Å². The Balaban J connectivity index is 2.07. The average molecular weight is 365 g/mol. The van der Waals surface area contributed by atoms with Gasteiger partial charge in [0.1, 0.15) is 5.75 Å². The lowest BCUT2D eigenvalue weighted by Gasteiger charge is -2.05. The van der Waals surface area contributed by atoms with Crippen molar-refractivity contribution in [2.45, 2.75) is 64.7 Å². The van der Waals surface area contributed by atoms with Gasteiger partial charge in [-0.25, -0.2) is 0 Å². The highest BCUT2D eigenvalue weighted by Crippen LogP contribution is 2.18. The van der Waals surface area contributed by atoms with E-state index in [9.17, 15) is 19.7 Å². The number of hydrogen-bond acceptors (Lipinski definition) is 6. The molecule has 1 rings (SSSR count). The first-order valence-electron chi connectivity index (χ1n) is 9.13. The minimum Gasteiger partial charge on any atom is -0.466 e. The average Bonchev–Trinajstić information content (AvgIpc) is 2.61. The number of carbonyl (C=O) groups is 2. The van der Waals surface area contributed by atoms with E-state index in [0.29, 0.717) is 25.9 Å². The van der Waals surface area contributed by atoms with Crippen molar-refractivity contribution in [3.8, 4) is 5.75 Å². The van der Waals surface area contributed by atoms with Gasteiger partial charge in [-0.05, 0) is 31.4 Å². The van der Waals surface area contributed by atoms with Gasteiger partial charge in [0.25, 0.3) is 5.69 Å². The molecule has 1 aromatic carbocycles. The summed E-state index contributed by atoms with van der Waals surface area (Å²) < 4.78 is 10.3. The van der Waals surface area contributed by atoms with E-state index in [1.807, 2.05) is 0 Å². The highest BCUT2D eigenvalue weighted by Gasteiger charge is 2.09. The number of rotatable bonds is 13. The highest BCUT2D eigenvalue weighted by atomic mass is 16.6. The number of hydrogen-bond donors (Lipinski definition) is 0. The second-order valence-corrected chi connectivity index (χ2v) is 6.07. The molecule has 7 nitrogen and oxygen atoms in total. The normalized spacial score (nSPS) is 10.3. The number of unbranched alkanes of at least 4 members (excludes halogenated alkanes) is 5. The SMILES string of the molecule is CCCCCCOC(=O)CCCCCC(=O)Oc1ccc([N+](=O)[O-])cc1. The molecule has 0 bridgehead atoms. The van der Waals surface area contributed by atoms with Crippen LogP contribution in [-0.2, 0) is 14.3 Å². The second-order valence-electron chi connectivity index (χ2n) is 6.07. The van der Waals surface area contributed by atoms with Crippen LogP contribution in [0.25, 0.3) is 0 Å². The Morgan fingerprint density at radius 3 is 2.15 bits per heavy atom. The Morgan fingerprint density at radius 2 is 1.54 bits per heavy atom. The fraction of sp³-hybridized carbons (Fsp3) is 0.579. The number of esters is 2. The van der Waals surface area contributed by atoms with Crippen LogP contribution in [-0.4, -0.2) is 23.5 Å². The van der Waals surface area contributed by atoms with Crippen LogP contribution in [0.15, 0.2) is 24.3 Å². The third-order valence-electron chi connectivity index (χ3n) is 3.80. The van der Waals surface area contributed by atoms with Crippen molar-refractivity contribution < 1.29 is 24.0 Å².